The number of hydrogen-bond donors (Lipinski definition) is 0. The van der Waals surface area contributed by atoms with Crippen LogP contribution in [-0.2, 0) is 0 Å². The summed E-state index contributed by atoms with van der Waals surface area (Å²) in [6.45, 7) is 7.92. The van der Waals surface area contributed by atoms with E-state index in [1.54, 1.807) is 4.68 Å². The maximum atomic E-state index is 5.98. The largest absolute Gasteiger partial charge is 0.318 e. The summed E-state index contributed by atoms with van der Waals surface area (Å²) in [6, 6.07) is 9.93. The van der Waals surface area contributed by atoms with Gasteiger partial charge in [0, 0.05) is 27.7 Å². The maximum absolute atomic E-state index is 5.98. The molecule has 0 radical (unpaired) electrons. The van der Waals surface area contributed by atoms with Crippen LogP contribution >= 0.6 is 11.6 Å². The van der Waals surface area contributed by atoms with Gasteiger partial charge in [-0.05, 0) is 58.0 Å². The van der Waals surface area contributed by atoms with Crippen LogP contribution in [0.25, 0.3) is 5.69 Å². The summed E-state index contributed by atoms with van der Waals surface area (Å²) in [7, 11) is 0. The third kappa shape index (κ3) is 2.92. The highest BCUT2D eigenvalue weighted by atomic mass is 35.5. The van der Waals surface area contributed by atoms with Gasteiger partial charge in [-0.25, -0.2) is 4.68 Å². The first-order chi connectivity index (χ1) is 11.0. The third-order valence-corrected chi connectivity index (χ3v) is 4.07. The van der Waals surface area contributed by atoms with Crippen LogP contribution in [0.2, 0.25) is 5.02 Å². The van der Waals surface area contributed by atoms with Crippen molar-refractivity contribution in [2.75, 3.05) is 0 Å². The van der Waals surface area contributed by atoms with E-state index in [-0.39, 0.29) is 0 Å². The fraction of sp³-hybridized carbons (Fsp3) is 0.235. The minimum absolute atomic E-state index is 0.733. The Hall–Kier alpha value is -2.40. The van der Waals surface area contributed by atoms with Crippen molar-refractivity contribution >= 4 is 17.8 Å². The van der Waals surface area contributed by atoms with Crippen LogP contribution in [0.3, 0.4) is 0 Å². The second kappa shape index (κ2) is 6.01. The van der Waals surface area contributed by atoms with Gasteiger partial charge < -0.3 is 4.57 Å². The molecule has 1 aromatic carbocycles. The van der Waals surface area contributed by atoms with Crippen LogP contribution in [0, 0.1) is 27.7 Å². The number of halogens is 1. The predicted octanol–water partition coefficient (Wildman–Crippen LogP) is 3.84. The number of aromatic nitrogens is 4. The maximum Gasteiger partial charge on any atom is 0.151 e. The molecule has 5 nitrogen and oxygen atoms in total. The van der Waals surface area contributed by atoms with Crippen molar-refractivity contribution < 1.29 is 0 Å². The van der Waals surface area contributed by atoms with Gasteiger partial charge in [0.05, 0.1) is 6.21 Å². The molecular formula is C17H18ClN5. The van der Waals surface area contributed by atoms with E-state index >= 15 is 0 Å². The summed E-state index contributed by atoms with van der Waals surface area (Å²) in [5, 5.41) is 13.2. The predicted molar refractivity (Wildman–Crippen MR) is 92.7 cm³/mol. The van der Waals surface area contributed by atoms with Crippen LogP contribution in [-0.4, -0.2) is 25.7 Å². The molecule has 0 amide bonds. The van der Waals surface area contributed by atoms with Crippen LogP contribution in [0.5, 0.6) is 0 Å². The highest BCUT2D eigenvalue weighted by Crippen LogP contribution is 2.21. The molecular weight excluding hydrogens is 310 g/mol. The van der Waals surface area contributed by atoms with Gasteiger partial charge in [-0.1, -0.05) is 11.6 Å². The van der Waals surface area contributed by atoms with E-state index in [2.05, 4.69) is 39.8 Å². The molecule has 0 N–H and O–H groups in total. The molecule has 2 aromatic heterocycles. The van der Waals surface area contributed by atoms with Gasteiger partial charge in [-0.15, -0.1) is 10.2 Å². The molecule has 6 heteroatoms. The number of rotatable bonds is 3. The molecule has 0 atom stereocenters. The lowest BCUT2D eigenvalue weighted by Gasteiger charge is -2.09. The average molecular weight is 328 g/mol. The molecule has 0 saturated carbocycles. The molecule has 0 spiro atoms. The van der Waals surface area contributed by atoms with Crippen LogP contribution < -0.4 is 0 Å². The van der Waals surface area contributed by atoms with Crippen molar-refractivity contribution in [2.24, 2.45) is 5.10 Å². The second-order valence-corrected chi connectivity index (χ2v) is 5.93. The number of hydrogen-bond acceptors (Lipinski definition) is 3. The van der Waals surface area contributed by atoms with Crippen molar-refractivity contribution in [3.63, 3.8) is 0 Å². The van der Waals surface area contributed by atoms with Gasteiger partial charge in [-0.2, -0.15) is 5.10 Å². The molecule has 0 aliphatic rings. The standard InChI is InChI=1S/C17H18ClN5/c1-11-9-15(10-19-23-13(3)20-21-14(23)4)12(2)22(11)17-7-5-16(18)6-8-17/h5-10H,1-4H3/b19-10-. The van der Waals surface area contributed by atoms with Gasteiger partial charge in [0.25, 0.3) is 0 Å². The van der Waals surface area contributed by atoms with Crippen LogP contribution in [0.4, 0.5) is 0 Å². The lowest BCUT2D eigenvalue weighted by Crippen LogP contribution is -2.00. The molecule has 0 aliphatic carbocycles. The van der Waals surface area contributed by atoms with Crippen molar-refractivity contribution in [1.29, 1.82) is 0 Å². The first-order valence-electron chi connectivity index (χ1n) is 7.35. The lowest BCUT2D eigenvalue weighted by atomic mass is 10.2. The highest BCUT2D eigenvalue weighted by Gasteiger charge is 2.10. The Balaban J connectivity index is 1.99. The van der Waals surface area contributed by atoms with Crippen molar-refractivity contribution in [3.8, 4) is 5.69 Å². The van der Waals surface area contributed by atoms with E-state index in [9.17, 15) is 0 Å². The minimum Gasteiger partial charge on any atom is -0.318 e. The normalized spacial score (nSPS) is 11.5. The molecule has 0 bridgehead atoms. The monoisotopic (exact) mass is 327 g/mol. The number of benzene rings is 1. The summed E-state index contributed by atoms with van der Waals surface area (Å²) in [4.78, 5) is 0. The molecule has 118 valence electrons. The van der Waals surface area contributed by atoms with Gasteiger partial charge in [0.2, 0.25) is 0 Å². The summed E-state index contributed by atoms with van der Waals surface area (Å²) < 4.78 is 3.91. The van der Waals surface area contributed by atoms with Gasteiger partial charge in [0.15, 0.2) is 11.6 Å². The lowest BCUT2D eigenvalue weighted by molar-refractivity contribution is 0.798. The van der Waals surface area contributed by atoms with Crippen molar-refractivity contribution in [3.05, 3.63) is 64.0 Å². The molecule has 3 rings (SSSR count). The minimum atomic E-state index is 0.733. The Bertz CT molecular complexity index is 852. The molecule has 3 aromatic rings. The number of aryl methyl sites for hydroxylation is 3. The zero-order chi connectivity index (χ0) is 16.6. The quantitative estimate of drug-likeness (QED) is 0.686. The molecule has 0 saturated heterocycles. The average Bonchev–Trinajstić information content (AvgIpc) is 2.98. The fourth-order valence-corrected chi connectivity index (χ4v) is 2.78. The third-order valence-electron chi connectivity index (χ3n) is 3.82. The van der Waals surface area contributed by atoms with Crippen molar-refractivity contribution in [1.82, 2.24) is 19.4 Å². The summed E-state index contributed by atoms with van der Waals surface area (Å²) in [5.74, 6) is 1.54. The first kappa shape index (κ1) is 15.5. The Morgan fingerprint density at radius 2 is 1.61 bits per heavy atom. The zero-order valence-electron chi connectivity index (χ0n) is 13.6. The Morgan fingerprint density at radius 3 is 2.22 bits per heavy atom. The van der Waals surface area contributed by atoms with Gasteiger partial charge in [-0.3, -0.25) is 0 Å². The zero-order valence-corrected chi connectivity index (χ0v) is 14.3. The first-order valence-corrected chi connectivity index (χ1v) is 7.73. The van der Waals surface area contributed by atoms with E-state index in [0.717, 1.165) is 39.3 Å². The van der Waals surface area contributed by atoms with Gasteiger partial charge in [0.1, 0.15) is 0 Å². The van der Waals surface area contributed by atoms with Crippen molar-refractivity contribution in [2.45, 2.75) is 27.7 Å². The highest BCUT2D eigenvalue weighted by molar-refractivity contribution is 6.30. The molecule has 0 aliphatic heterocycles. The molecule has 0 unspecified atom stereocenters. The Morgan fingerprint density at radius 1 is 1.00 bits per heavy atom. The fourth-order valence-electron chi connectivity index (χ4n) is 2.66. The van der Waals surface area contributed by atoms with E-state index in [4.69, 9.17) is 11.6 Å². The SMILES string of the molecule is Cc1nnc(C)n1/N=C\c1cc(C)n(-c2ccc(Cl)cc2)c1C. The smallest absolute Gasteiger partial charge is 0.151 e. The second-order valence-electron chi connectivity index (χ2n) is 5.49. The number of nitrogens with zero attached hydrogens (tertiary/aromatic N) is 5. The van der Waals surface area contributed by atoms with E-state index in [0.29, 0.717) is 0 Å². The summed E-state index contributed by atoms with van der Waals surface area (Å²) >= 11 is 5.98. The Kier molecular flexibility index (Phi) is 4.05. The molecule has 2 heterocycles. The molecule has 23 heavy (non-hydrogen) atoms. The molecule has 0 fully saturated rings. The van der Waals surface area contributed by atoms with E-state index < -0.39 is 0 Å². The van der Waals surface area contributed by atoms with Crippen LogP contribution in [0.1, 0.15) is 28.6 Å². The van der Waals surface area contributed by atoms with Crippen LogP contribution in [0.15, 0.2) is 35.4 Å². The summed E-state index contributed by atoms with van der Waals surface area (Å²) in [5.41, 5.74) is 4.41. The summed E-state index contributed by atoms with van der Waals surface area (Å²) in [6.07, 6.45) is 1.85. The van der Waals surface area contributed by atoms with E-state index in [1.165, 1.54) is 0 Å². The topological polar surface area (TPSA) is 48.0 Å². The Labute approximate surface area is 140 Å². The van der Waals surface area contributed by atoms with E-state index in [1.807, 2.05) is 44.3 Å². The van der Waals surface area contributed by atoms with Gasteiger partial charge >= 0.3 is 0 Å².